The quantitative estimate of drug-likeness (QED) is 0.0333. The maximum atomic E-state index is 11.8. The minimum absolute atomic E-state index is 0.101. The molecule has 0 saturated carbocycles. The monoisotopic (exact) mass is 626 g/mol. The van der Waals surface area contributed by atoms with Crippen LogP contribution in [0.15, 0.2) is 0 Å². The van der Waals surface area contributed by atoms with E-state index in [1.807, 2.05) is 0 Å². The average molecular weight is 627 g/mol. The highest BCUT2D eigenvalue weighted by atomic mass is 127. The zero-order valence-electron chi connectivity index (χ0n) is 23.7. The van der Waals surface area contributed by atoms with Crippen LogP contribution in [-0.2, 0) is 23.7 Å². The first-order valence-corrected chi connectivity index (χ1v) is 16.8. The molecule has 0 aliphatic rings. The molecule has 0 saturated heterocycles. The molecular formula is C30H59IO5. The van der Waals surface area contributed by atoms with Gasteiger partial charge in [0.05, 0.1) is 33.0 Å². The van der Waals surface area contributed by atoms with E-state index < -0.39 is 0 Å². The van der Waals surface area contributed by atoms with Gasteiger partial charge in [-0.1, -0.05) is 132 Å². The second-order valence-corrected chi connectivity index (χ2v) is 10.9. The van der Waals surface area contributed by atoms with Gasteiger partial charge in [-0.25, -0.2) is 0 Å². The molecule has 5 nitrogen and oxygen atoms in total. The summed E-state index contributed by atoms with van der Waals surface area (Å²) in [5.74, 6) is -0.101. The molecule has 0 atom stereocenters. The highest BCUT2D eigenvalue weighted by molar-refractivity contribution is 14.1. The van der Waals surface area contributed by atoms with Crippen LogP contribution in [0.2, 0.25) is 0 Å². The van der Waals surface area contributed by atoms with Gasteiger partial charge in [0, 0.05) is 13.0 Å². The number of ether oxygens (including phenoxy) is 4. The fourth-order valence-electron chi connectivity index (χ4n) is 4.12. The molecular weight excluding hydrogens is 567 g/mol. The Bertz CT molecular complexity index is 386. The third-order valence-corrected chi connectivity index (χ3v) is 7.15. The van der Waals surface area contributed by atoms with E-state index in [1.165, 1.54) is 107 Å². The normalized spacial score (nSPS) is 11.3. The largest absolute Gasteiger partial charge is 0.463 e. The molecule has 0 aliphatic carbocycles. The highest BCUT2D eigenvalue weighted by Gasteiger charge is 2.03. The molecule has 0 aliphatic heterocycles. The maximum absolute atomic E-state index is 11.8. The van der Waals surface area contributed by atoms with E-state index in [-0.39, 0.29) is 5.97 Å². The fourth-order valence-corrected chi connectivity index (χ4v) is 4.66. The highest BCUT2D eigenvalue weighted by Crippen LogP contribution is 2.13. The second kappa shape index (κ2) is 33.1. The minimum atomic E-state index is -0.101. The number of halogens is 1. The van der Waals surface area contributed by atoms with Crippen LogP contribution in [0, 0.1) is 0 Å². The Hall–Kier alpha value is 0.0800. The van der Waals surface area contributed by atoms with Crippen LogP contribution < -0.4 is 0 Å². The molecule has 0 unspecified atom stereocenters. The average Bonchev–Trinajstić information content (AvgIpc) is 2.88. The molecule has 0 N–H and O–H groups in total. The van der Waals surface area contributed by atoms with Crippen molar-refractivity contribution in [1.82, 2.24) is 0 Å². The molecule has 0 heterocycles. The predicted molar refractivity (Wildman–Crippen MR) is 160 cm³/mol. The zero-order valence-corrected chi connectivity index (χ0v) is 25.9. The van der Waals surface area contributed by atoms with Crippen molar-refractivity contribution in [2.24, 2.45) is 0 Å². The number of unbranched alkanes of at least 4 members (excludes halogenated alkanes) is 17. The van der Waals surface area contributed by atoms with Gasteiger partial charge >= 0.3 is 5.97 Å². The molecule has 0 aromatic carbocycles. The fraction of sp³-hybridized carbons (Fsp3) is 0.967. The second-order valence-electron chi connectivity index (χ2n) is 9.86. The van der Waals surface area contributed by atoms with E-state index in [4.69, 9.17) is 18.9 Å². The lowest BCUT2D eigenvalue weighted by molar-refractivity contribution is -0.145. The van der Waals surface area contributed by atoms with Gasteiger partial charge in [0.2, 0.25) is 0 Å². The molecule has 0 radical (unpaired) electrons. The van der Waals surface area contributed by atoms with Crippen LogP contribution in [-0.4, -0.2) is 56.6 Å². The van der Waals surface area contributed by atoms with Gasteiger partial charge in [-0.05, 0) is 23.7 Å². The summed E-state index contributed by atoms with van der Waals surface area (Å²) in [7, 11) is 0. The number of carbonyl (C=O) groups is 1. The number of hydrogen-bond donors (Lipinski definition) is 0. The van der Waals surface area contributed by atoms with Gasteiger partial charge in [0.25, 0.3) is 0 Å². The van der Waals surface area contributed by atoms with Crippen molar-refractivity contribution in [2.75, 3.05) is 50.7 Å². The summed E-state index contributed by atoms with van der Waals surface area (Å²) in [6.45, 7) is 6.18. The first-order chi connectivity index (χ1) is 17.8. The molecule has 36 heavy (non-hydrogen) atoms. The van der Waals surface area contributed by atoms with Crippen LogP contribution in [0.4, 0.5) is 0 Å². The summed E-state index contributed by atoms with van der Waals surface area (Å²) < 4.78 is 23.0. The van der Waals surface area contributed by atoms with E-state index >= 15 is 0 Å². The Morgan fingerprint density at radius 1 is 0.472 bits per heavy atom. The lowest BCUT2D eigenvalue weighted by Gasteiger charge is -2.08. The first kappa shape index (κ1) is 36.1. The Morgan fingerprint density at radius 2 is 0.861 bits per heavy atom. The zero-order chi connectivity index (χ0) is 26.2. The Balaban J connectivity index is 3.14. The van der Waals surface area contributed by atoms with Gasteiger partial charge in [-0.15, -0.1) is 0 Å². The van der Waals surface area contributed by atoms with Gasteiger partial charge in [0.15, 0.2) is 0 Å². The molecule has 0 amide bonds. The Labute approximate surface area is 237 Å². The summed E-state index contributed by atoms with van der Waals surface area (Å²) in [6, 6.07) is 0. The number of esters is 1. The van der Waals surface area contributed by atoms with Gasteiger partial charge in [-0.2, -0.15) is 0 Å². The lowest BCUT2D eigenvalue weighted by atomic mass is 10.0. The number of hydrogen-bond acceptors (Lipinski definition) is 5. The van der Waals surface area contributed by atoms with Crippen molar-refractivity contribution in [3.63, 3.8) is 0 Å². The molecule has 0 rings (SSSR count). The van der Waals surface area contributed by atoms with Crippen molar-refractivity contribution in [3.8, 4) is 0 Å². The maximum Gasteiger partial charge on any atom is 0.305 e. The smallest absolute Gasteiger partial charge is 0.305 e. The molecule has 216 valence electrons. The topological polar surface area (TPSA) is 54.0 Å². The van der Waals surface area contributed by atoms with Crippen LogP contribution in [0.5, 0.6) is 0 Å². The molecule has 0 bridgehead atoms. The molecule has 0 spiro atoms. The first-order valence-electron chi connectivity index (χ1n) is 15.3. The van der Waals surface area contributed by atoms with E-state index in [1.54, 1.807) is 0 Å². The van der Waals surface area contributed by atoms with Crippen molar-refractivity contribution in [2.45, 2.75) is 135 Å². The standard InChI is InChI=1S/C30H59IO5/c1-2-3-4-5-6-7-8-9-10-11-12-13-14-15-18-21-30(32)36-29-28-35-27-26-34-25-24-33-23-20-17-16-19-22-31/h2-29H2,1H3. The summed E-state index contributed by atoms with van der Waals surface area (Å²) in [6.07, 6.45) is 25.5. The molecule has 0 aromatic heterocycles. The van der Waals surface area contributed by atoms with Crippen LogP contribution >= 0.6 is 22.6 Å². The van der Waals surface area contributed by atoms with Gasteiger partial charge in [0.1, 0.15) is 6.61 Å². The van der Waals surface area contributed by atoms with Crippen molar-refractivity contribution in [1.29, 1.82) is 0 Å². The number of carbonyl (C=O) groups excluding carboxylic acids is 1. The Kier molecular flexibility index (Phi) is 33.2. The van der Waals surface area contributed by atoms with Crippen LogP contribution in [0.25, 0.3) is 0 Å². The third kappa shape index (κ3) is 32.1. The molecule has 0 aromatic rings. The SMILES string of the molecule is CCCCCCCCCCCCCCCCCC(=O)OCCOCCOCCOCCCCCCI. The van der Waals surface area contributed by atoms with E-state index in [9.17, 15) is 4.79 Å². The predicted octanol–water partition coefficient (Wildman–Crippen LogP) is 8.84. The van der Waals surface area contributed by atoms with Gasteiger partial charge < -0.3 is 18.9 Å². The lowest BCUT2D eigenvalue weighted by Crippen LogP contribution is -2.14. The summed E-state index contributed by atoms with van der Waals surface area (Å²) in [5.41, 5.74) is 0. The third-order valence-electron chi connectivity index (χ3n) is 6.39. The van der Waals surface area contributed by atoms with Crippen molar-refractivity contribution >= 4 is 28.6 Å². The van der Waals surface area contributed by atoms with Crippen LogP contribution in [0.1, 0.15) is 135 Å². The number of rotatable bonds is 31. The van der Waals surface area contributed by atoms with Crippen molar-refractivity contribution in [3.05, 3.63) is 0 Å². The summed E-state index contributed by atoms with van der Waals surface area (Å²) in [4.78, 5) is 11.8. The van der Waals surface area contributed by atoms with Gasteiger partial charge in [-0.3, -0.25) is 4.79 Å². The molecule has 6 heteroatoms. The van der Waals surface area contributed by atoms with E-state index in [2.05, 4.69) is 29.5 Å². The number of alkyl halides is 1. The van der Waals surface area contributed by atoms with Crippen molar-refractivity contribution < 1.29 is 23.7 Å². The Morgan fingerprint density at radius 3 is 1.36 bits per heavy atom. The molecule has 0 fully saturated rings. The van der Waals surface area contributed by atoms with E-state index in [0.717, 1.165) is 25.9 Å². The van der Waals surface area contributed by atoms with Crippen LogP contribution in [0.3, 0.4) is 0 Å². The summed E-state index contributed by atoms with van der Waals surface area (Å²) in [5, 5.41) is 0. The van der Waals surface area contributed by atoms with E-state index in [0.29, 0.717) is 46.1 Å². The minimum Gasteiger partial charge on any atom is -0.463 e. The summed E-state index contributed by atoms with van der Waals surface area (Å²) >= 11 is 2.42.